The molecule has 4 aromatic rings. The van der Waals surface area contributed by atoms with Gasteiger partial charge in [-0.1, -0.05) is 61.7 Å². The van der Waals surface area contributed by atoms with Gasteiger partial charge in [0.1, 0.15) is 17.2 Å². The Kier molecular flexibility index (Phi) is 13.1. The highest BCUT2D eigenvalue weighted by atomic mass is 19.1. The fourth-order valence-electron chi connectivity index (χ4n) is 4.34. The second kappa shape index (κ2) is 17.9. The molecule has 8 nitrogen and oxygen atoms in total. The lowest BCUT2D eigenvalue weighted by molar-refractivity contribution is -0.141. The van der Waals surface area contributed by atoms with Crippen molar-refractivity contribution in [3.8, 4) is 39.5 Å². The average Bonchev–Trinajstić information content (AvgIpc) is 3.10. The lowest BCUT2D eigenvalue weighted by atomic mass is 10.0. The second-order valence-electron chi connectivity index (χ2n) is 10.8. The third kappa shape index (κ3) is 11.0. The highest BCUT2D eigenvalue weighted by molar-refractivity contribution is 5.91. The van der Waals surface area contributed by atoms with Crippen molar-refractivity contribution in [3.63, 3.8) is 0 Å². The molecule has 0 unspecified atom stereocenters. The third-order valence-electron chi connectivity index (χ3n) is 6.96. The number of esters is 3. The van der Waals surface area contributed by atoms with E-state index in [1.54, 1.807) is 43.3 Å². The van der Waals surface area contributed by atoms with E-state index in [0.717, 1.165) is 22.3 Å². The Hall–Kier alpha value is -5.70. The Morgan fingerprint density at radius 2 is 0.938 bits per heavy atom. The first-order chi connectivity index (χ1) is 23.2. The summed E-state index contributed by atoms with van der Waals surface area (Å²) in [6.45, 7) is 9.19. The molecule has 0 radical (unpaired) electrons. The fraction of sp³-hybridized carbons (Fsp3) is 0.205. The van der Waals surface area contributed by atoms with Gasteiger partial charge in [0.15, 0.2) is 0 Å². The zero-order chi connectivity index (χ0) is 34.3. The zero-order valence-electron chi connectivity index (χ0n) is 26.7. The fourth-order valence-corrected chi connectivity index (χ4v) is 4.34. The number of rotatable bonds is 17. The first-order valence-electron chi connectivity index (χ1n) is 15.4. The molecule has 0 heterocycles. The Balaban J connectivity index is 1.20. The molecule has 9 heteroatoms. The van der Waals surface area contributed by atoms with Crippen LogP contribution in [0.3, 0.4) is 0 Å². The van der Waals surface area contributed by atoms with Crippen LogP contribution in [-0.2, 0) is 19.1 Å². The Morgan fingerprint density at radius 1 is 0.542 bits per heavy atom. The molecule has 0 spiro atoms. The summed E-state index contributed by atoms with van der Waals surface area (Å²) in [6, 6.07) is 29.8. The average molecular weight is 653 g/mol. The van der Waals surface area contributed by atoms with Gasteiger partial charge in [0.25, 0.3) is 0 Å². The normalized spacial score (nSPS) is 10.5. The van der Waals surface area contributed by atoms with E-state index in [9.17, 15) is 18.8 Å². The lowest BCUT2D eigenvalue weighted by Gasteiger charge is -2.09. The van der Waals surface area contributed by atoms with Crippen molar-refractivity contribution in [1.82, 2.24) is 0 Å². The summed E-state index contributed by atoms with van der Waals surface area (Å²) in [5, 5.41) is 0. The summed E-state index contributed by atoms with van der Waals surface area (Å²) in [4.78, 5) is 35.1. The van der Waals surface area contributed by atoms with Crippen molar-refractivity contribution in [1.29, 1.82) is 0 Å². The summed E-state index contributed by atoms with van der Waals surface area (Å²) in [5.41, 5.74) is 4.81. The predicted molar refractivity (Wildman–Crippen MR) is 181 cm³/mol. The molecule has 248 valence electrons. The van der Waals surface area contributed by atoms with Crippen LogP contribution in [0.25, 0.3) is 22.3 Å². The highest BCUT2D eigenvalue weighted by Crippen LogP contribution is 2.28. The van der Waals surface area contributed by atoms with Gasteiger partial charge in [-0.15, -0.1) is 0 Å². The van der Waals surface area contributed by atoms with E-state index in [4.69, 9.17) is 23.7 Å². The van der Waals surface area contributed by atoms with E-state index in [1.165, 1.54) is 0 Å². The van der Waals surface area contributed by atoms with E-state index < -0.39 is 23.7 Å². The topological polar surface area (TPSA) is 97.4 Å². The quantitative estimate of drug-likeness (QED) is 0.0486. The van der Waals surface area contributed by atoms with E-state index in [0.29, 0.717) is 67.5 Å². The summed E-state index contributed by atoms with van der Waals surface area (Å²) >= 11 is 0. The Labute approximate surface area is 279 Å². The molecule has 0 saturated heterocycles. The van der Waals surface area contributed by atoms with E-state index in [-0.39, 0.29) is 6.61 Å². The first kappa shape index (κ1) is 35.2. The van der Waals surface area contributed by atoms with Gasteiger partial charge >= 0.3 is 17.9 Å². The maximum Gasteiger partial charge on any atom is 0.366 e. The molecule has 0 fully saturated rings. The third-order valence-corrected chi connectivity index (χ3v) is 6.96. The number of unbranched alkanes of at least 4 members (excludes halogenated alkanes) is 1. The van der Waals surface area contributed by atoms with Gasteiger partial charge in [0, 0.05) is 12.0 Å². The minimum atomic E-state index is -1.12. The Morgan fingerprint density at radius 3 is 1.44 bits per heavy atom. The van der Waals surface area contributed by atoms with Gasteiger partial charge in [-0.3, -0.25) is 0 Å². The number of ether oxygens (including phenoxy) is 5. The first-order valence-corrected chi connectivity index (χ1v) is 15.4. The number of hydrogen-bond donors (Lipinski definition) is 0. The molecule has 48 heavy (non-hydrogen) atoms. The van der Waals surface area contributed by atoms with Gasteiger partial charge < -0.3 is 23.7 Å². The van der Waals surface area contributed by atoms with Crippen molar-refractivity contribution < 1.29 is 42.5 Å². The lowest BCUT2D eigenvalue weighted by Crippen LogP contribution is -2.09. The highest BCUT2D eigenvalue weighted by Gasteiger charge is 2.10. The molecule has 4 aromatic carbocycles. The van der Waals surface area contributed by atoms with Crippen molar-refractivity contribution in [3.05, 3.63) is 127 Å². The monoisotopic (exact) mass is 652 g/mol. The van der Waals surface area contributed by atoms with Crippen molar-refractivity contribution in [2.24, 2.45) is 0 Å². The van der Waals surface area contributed by atoms with Crippen molar-refractivity contribution >= 4 is 17.9 Å². The number of halogens is 1. The van der Waals surface area contributed by atoms with Crippen LogP contribution < -0.4 is 14.2 Å². The largest absolute Gasteiger partial charge is 0.494 e. The molecule has 0 aromatic heterocycles. The standard InChI is InChI=1S/C39H37FO8/c1-27(2)37(41)46-24-5-4-23-44-35-19-15-33(16-20-35)39(43)48-36-21-13-32(14-22-36)30-9-7-29(8-10-30)31-11-17-34(18-12-31)45-25-6-26-47-38(42)28(3)40/h7-22H,1,3-6,23-26H2,2H3. The zero-order valence-corrected chi connectivity index (χ0v) is 26.7. The van der Waals surface area contributed by atoms with Crippen LogP contribution in [0.4, 0.5) is 4.39 Å². The van der Waals surface area contributed by atoms with E-state index in [1.807, 2.05) is 60.7 Å². The van der Waals surface area contributed by atoms with Gasteiger partial charge in [-0.25, -0.2) is 14.4 Å². The molecule has 0 atom stereocenters. The smallest absolute Gasteiger partial charge is 0.366 e. The molecule has 0 aliphatic rings. The maximum absolute atomic E-state index is 12.7. The van der Waals surface area contributed by atoms with Crippen LogP contribution in [0.1, 0.15) is 36.5 Å². The van der Waals surface area contributed by atoms with Crippen LogP contribution in [0, 0.1) is 0 Å². The number of hydrogen-bond acceptors (Lipinski definition) is 8. The number of benzene rings is 4. The summed E-state index contributed by atoms with van der Waals surface area (Å²) in [6.07, 6.45) is 1.82. The summed E-state index contributed by atoms with van der Waals surface area (Å²) in [7, 11) is 0. The number of carbonyl (C=O) groups excluding carboxylic acids is 3. The van der Waals surface area contributed by atoms with E-state index >= 15 is 0 Å². The molecule has 0 saturated carbocycles. The summed E-state index contributed by atoms with van der Waals surface area (Å²) in [5.74, 6) is -1.30. The van der Waals surface area contributed by atoms with Crippen LogP contribution in [0.2, 0.25) is 0 Å². The second-order valence-corrected chi connectivity index (χ2v) is 10.8. The molecular weight excluding hydrogens is 615 g/mol. The molecule has 0 N–H and O–H groups in total. The van der Waals surface area contributed by atoms with Gasteiger partial charge in [-0.2, -0.15) is 4.39 Å². The minimum Gasteiger partial charge on any atom is -0.494 e. The van der Waals surface area contributed by atoms with Crippen LogP contribution in [0.15, 0.2) is 122 Å². The van der Waals surface area contributed by atoms with Gasteiger partial charge in [-0.05, 0) is 90.6 Å². The summed E-state index contributed by atoms with van der Waals surface area (Å²) < 4.78 is 39.3. The van der Waals surface area contributed by atoms with E-state index in [2.05, 4.69) is 13.2 Å². The molecule has 0 amide bonds. The molecular formula is C39H37FO8. The SMILES string of the molecule is C=C(C)C(=O)OCCCCOc1ccc(C(=O)Oc2ccc(-c3ccc(-c4ccc(OCCCOC(=O)C(=C)F)cc4)cc3)cc2)cc1. The molecule has 0 bridgehead atoms. The van der Waals surface area contributed by atoms with Crippen LogP contribution >= 0.6 is 0 Å². The van der Waals surface area contributed by atoms with Gasteiger partial charge in [0.05, 0.1) is 32.0 Å². The molecule has 4 rings (SSSR count). The molecule has 0 aliphatic heterocycles. The van der Waals surface area contributed by atoms with Gasteiger partial charge in [0.2, 0.25) is 5.83 Å². The van der Waals surface area contributed by atoms with Crippen LogP contribution in [0.5, 0.6) is 17.2 Å². The maximum atomic E-state index is 12.7. The minimum absolute atomic E-state index is 0.0490. The predicted octanol–water partition coefficient (Wildman–Crippen LogP) is 8.31. The van der Waals surface area contributed by atoms with Crippen LogP contribution in [-0.4, -0.2) is 44.3 Å². The van der Waals surface area contributed by atoms with Crippen molar-refractivity contribution in [2.75, 3.05) is 26.4 Å². The molecule has 0 aliphatic carbocycles. The Bertz CT molecular complexity index is 1690. The van der Waals surface area contributed by atoms with Crippen molar-refractivity contribution in [2.45, 2.75) is 26.2 Å². The number of carbonyl (C=O) groups is 3.